The molecule has 0 saturated carbocycles. The first-order valence-electron chi connectivity index (χ1n) is 6.47. The number of methoxy groups -OCH3 is 1. The zero-order valence-corrected chi connectivity index (χ0v) is 11.6. The first-order valence-corrected chi connectivity index (χ1v) is 6.47. The van der Waals surface area contributed by atoms with Crippen molar-refractivity contribution >= 4 is 0 Å². The molecule has 4 heteroatoms. The highest BCUT2D eigenvalue weighted by Crippen LogP contribution is 2.37. The molecule has 0 fully saturated rings. The van der Waals surface area contributed by atoms with Gasteiger partial charge in [-0.05, 0) is 12.0 Å². The fourth-order valence-electron chi connectivity index (χ4n) is 2.45. The molecule has 102 valence electrons. The molecule has 0 saturated heterocycles. The molecule has 2 aromatic rings. The third kappa shape index (κ3) is 2.63. The summed E-state index contributed by atoms with van der Waals surface area (Å²) in [5, 5.41) is 14.8. The smallest absolute Gasteiger partial charge is 0.162 e. The second kappa shape index (κ2) is 5.89. The van der Waals surface area contributed by atoms with Crippen molar-refractivity contribution in [2.45, 2.75) is 25.4 Å². The summed E-state index contributed by atoms with van der Waals surface area (Å²) in [7, 11) is 3.41. The summed E-state index contributed by atoms with van der Waals surface area (Å²) >= 11 is 0. The molecule has 1 aromatic carbocycles. The Bertz CT molecular complexity index is 522. The summed E-state index contributed by atoms with van der Waals surface area (Å²) in [6, 6.07) is 10.0. The van der Waals surface area contributed by atoms with Gasteiger partial charge in [0.25, 0.3) is 0 Å². The summed E-state index contributed by atoms with van der Waals surface area (Å²) in [6.07, 6.45) is 1.85. The fraction of sp³-hybridized carbons (Fsp3) is 0.400. The number of rotatable bonds is 5. The lowest BCUT2D eigenvalue weighted by atomic mass is 9.89. The molecule has 0 radical (unpaired) electrons. The number of aromatic nitrogens is 2. The zero-order chi connectivity index (χ0) is 13.8. The van der Waals surface area contributed by atoms with E-state index in [1.54, 1.807) is 18.0 Å². The van der Waals surface area contributed by atoms with Gasteiger partial charge in [0.2, 0.25) is 0 Å². The Morgan fingerprint density at radius 3 is 2.58 bits per heavy atom. The highest BCUT2D eigenvalue weighted by Gasteiger charge is 2.26. The van der Waals surface area contributed by atoms with E-state index >= 15 is 0 Å². The minimum absolute atomic E-state index is 0.0329. The van der Waals surface area contributed by atoms with Crippen LogP contribution in [0.1, 0.15) is 36.6 Å². The Labute approximate surface area is 113 Å². The Kier molecular flexibility index (Phi) is 4.22. The predicted molar refractivity (Wildman–Crippen MR) is 74.2 cm³/mol. The molecule has 1 N–H and O–H groups in total. The summed E-state index contributed by atoms with van der Waals surface area (Å²) in [6.45, 7) is 2.07. The Morgan fingerprint density at radius 1 is 1.32 bits per heavy atom. The van der Waals surface area contributed by atoms with Crippen LogP contribution in [-0.4, -0.2) is 22.0 Å². The summed E-state index contributed by atoms with van der Waals surface area (Å²) in [4.78, 5) is 0. The number of hydrogen-bond acceptors (Lipinski definition) is 3. The molecule has 0 amide bonds. The van der Waals surface area contributed by atoms with Gasteiger partial charge in [-0.25, -0.2) is 0 Å². The standard InChI is InChI=1S/C15H20N2O2/c1-4-12(11-8-6-5-7-9-11)15(18)14-13(19-3)10-16-17(14)2/h5-10,12,15,18H,4H2,1-3H3. The number of ether oxygens (including phenoxy) is 1. The van der Waals surface area contributed by atoms with E-state index in [9.17, 15) is 5.11 Å². The molecule has 2 rings (SSSR count). The van der Waals surface area contributed by atoms with Crippen LogP contribution in [0.2, 0.25) is 0 Å². The van der Waals surface area contributed by atoms with Gasteiger partial charge in [-0.15, -0.1) is 0 Å². The van der Waals surface area contributed by atoms with E-state index < -0.39 is 6.10 Å². The van der Waals surface area contributed by atoms with Gasteiger partial charge >= 0.3 is 0 Å². The van der Waals surface area contributed by atoms with Crippen LogP contribution in [0.4, 0.5) is 0 Å². The average Bonchev–Trinajstić information content (AvgIpc) is 2.81. The van der Waals surface area contributed by atoms with E-state index in [1.807, 2.05) is 37.4 Å². The lowest BCUT2D eigenvalue weighted by molar-refractivity contribution is 0.130. The van der Waals surface area contributed by atoms with Crippen molar-refractivity contribution in [3.63, 3.8) is 0 Å². The molecule has 1 heterocycles. The molecule has 0 bridgehead atoms. The maximum absolute atomic E-state index is 10.7. The van der Waals surface area contributed by atoms with Crippen molar-refractivity contribution in [2.75, 3.05) is 7.11 Å². The van der Waals surface area contributed by atoms with Crippen molar-refractivity contribution in [1.29, 1.82) is 0 Å². The summed E-state index contributed by atoms with van der Waals surface area (Å²) < 4.78 is 6.95. The van der Waals surface area contributed by atoms with Crippen molar-refractivity contribution in [3.05, 3.63) is 47.8 Å². The SMILES string of the molecule is CCC(c1ccccc1)C(O)c1c(OC)cnn1C. The summed E-state index contributed by atoms with van der Waals surface area (Å²) in [5.74, 6) is 0.662. The van der Waals surface area contributed by atoms with E-state index in [-0.39, 0.29) is 5.92 Å². The fourth-order valence-corrected chi connectivity index (χ4v) is 2.45. The van der Waals surface area contributed by atoms with Crippen LogP contribution in [0, 0.1) is 0 Å². The molecule has 1 aromatic heterocycles. The van der Waals surface area contributed by atoms with Gasteiger partial charge in [0.1, 0.15) is 11.8 Å². The van der Waals surface area contributed by atoms with Gasteiger partial charge < -0.3 is 9.84 Å². The third-order valence-corrected chi connectivity index (χ3v) is 3.50. The van der Waals surface area contributed by atoms with Crippen molar-refractivity contribution in [3.8, 4) is 5.75 Å². The Hall–Kier alpha value is -1.81. The Morgan fingerprint density at radius 2 is 2.00 bits per heavy atom. The molecule has 0 aliphatic heterocycles. The molecule has 4 nitrogen and oxygen atoms in total. The van der Waals surface area contributed by atoms with E-state index in [2.05, 4.69) is 12.0 Å². The lowest BCUT2D eigenvalue weighted by Crippen LogP contribution is -2.15. The van der Waals surface area contributed by atoms with Gasteiger partial charge in [-0.3, -0.25) is 4.68 Å². The van der Waals surface area contributed by atoms with Crippen LogP contribution in [-0.2, 0) is 7.05 Å². The number of benzene rings is 1. The van der Waals surface area contributed by atoms with Crippen molar-refractivity contribution in [1.82, 2.24) is 9.78 Å². The normalized spacial score (nSPS) is 14.1. The molecule has 19 heavy (non-hydrogen) atoms. The minimum atomic E-state index is -0.630. The van der Waals surface area contributed by atoms with Crippen LogP contribution < -0.4 is 4.74 Å². The van der Waals surface area contributed by atoms with Crippen molar-refractivity contribution in [2.24, 2.45) is 7.05 Å². The van der Waals surface area contributed by atoms with Crippen LogP contribution in [0.25, 0.3) is 0 Å². The summed E-state index contributed by atoms with van der Waals surface area (Å²) in [5.41, 5.74) is 1.85. The van der Waals surface area contributed by atoms with E-state index in [4.69, 9.17) is 4.74 Å². The molecule has 0 spiro atoms. The maximum Gasteiger partial charge on any atom is 0.162 e. The van der Waals surface area contributed by atoms with Gasteiger partial charge in [0, 0.05) is 13.0 Å². The largest absolute Gasteiger partial charge is 0.493 e. The van der Waals surface area contributed by atoms with Gasteiger partial charge in [-0.2, -0.15) is 5.10 Å². The van der Waals surface area contributed by atoms with E-state index in [0.29, 0.717) is 5.75 Å². The van der Waals surface area contributed by atoms with Gasteiger partial charge in [0.05, 0.1) is 13.3 Å². The van der Waals surface area contributed by atoms with Crippen LogP contribution in [0.15, 0.2) is 36.5 Å². The first-order chi connectivity index (χ1) is 9.19. The topological polar surface area (TPSA) is 47.3 Å². The second-order valence-corrected chi connectivity index (χ2v) is 4.59. The lowest BCUT2D eigenvalue weighted by Gasteiger charge is -2.23. The molecule has 2 unspecified atom stereocenters. The molecule has 0 aliphatic rings. The highest BCUT2D eigenvalue weighted by molar-refractivity contribution is 5.31. The zero-order valence-electron chi connectivity index (χ0n) is 11.6. The van der Waals surface area contributed by atoms with Crippen LogP contribution in [0.5, 0.6) is 5.75 Å². The minimum Gasteiger partial charge on any atom is -0.493 e. The Balaban J connectivity index is 2.36. The third-order valence-electron chi connectivity index (χ3n) is 3.50. The van der Waals surface area contributed by atoms with Crippen LogP contribution in [0.3, 0.4) is 0 Å². The quantitative estimate of drug-likeness (QED) is 0.899. The van der Waals surface area contributed by atoms with Crippen LogP contribution >= 0.6 is 0 Å². The molecular formula is C15H20N2O2. The first kappa shape index (κ1) is 13.6. The average molecular weight is 260 g/mol. The number of nitrogens with zero attached hydrogens (tertiary/aromatic N) is 2. The van der Waals surface area contributed by atoms with Crippen molar-refractivity contribution < 1.29 is 9.84 Å². The van der Waals surface area contributed by atoms with Gasteiger partial charge in [-0.1, -0.05) is 37.3 Å². The van der Waals surface area contributed by atoms with E-state index in [0.717, 1.165) is 17.7 Å². The highest BCUT2D eigenvalue weighted by atomic mass is 16.5. The second-order valence-electron chi connectivity index (χ2n) is 4.59. The molecule has 2 atom stereocenters. The number of aryl methyl sites for hydroxylation is 1. The van der Waals surface area contributed by atoms with E-state index in [1.165, 1.54) is 0 Å². The number of hydrogen-bond donors (Lipinski definition) is 1. The molecular weight excluding hydrogens is 240 g/mol. The monoisotopic (exact) mass is 260 g/mol. The predicted octanol–water partition coefficient (Wildman–Crippen LogP) is 2.66. The van der Waals surface area contributed by atoms with Gasteiger partial charge in [0.15, 0.2) is 5.75 Å². The molecule has 0 aliphatic carbocycles. The number of aliphatic hydroxyl groups excluding tert-OH is 1. The number of aliphatic hydroxyl groups is 1. The maximum atomic E-state index is 10.7.